The summed E-state index contributed by atoms with van der Waals surface area (Å²) >= 11 is 3.28. The van der Waals surface area contributed by atoms with Crippen LogP contribution in [0.15, 0.2) is 33.6 Å². The van der Waals surface area contributed by atoms with Gasteiger partial charge in [0.15, 0.2) is 0 Å². The molecule has 0 aliphatic carbocycles. The van der Waals surface area contributed by atoms with Crippen molar-refractivity contribution in [1.82, 2.24) is 4.31 Å². The van der Waals surface area contributed by atoms with Crippen LogP contribution < -0.4 is 5.73 Å². The second-order valence-corrected chi connectivity index (χ2v) is 7.08. The van der Waals surface area contributed by atoms with Crippen LogP contribution in [0.2, 0.25) is 0 Å². The predicted octanol–water partition coefficient (Wildman–Crippen LogP) is 1.98. The van der Waals surface area contributed by atoms with Gasteiger partial charge in [-0.2, -0.15) is 4.31 Å². The molecule has 2 rings (SSSR count). The van der Waals surface area contributed by atoms with Crippen molar-refractivity contribution in [3.8, 4) is 0 Å². The third-order valence-corrected chi connectivity index (χ3v) is 5.21. The Hall–Kier alpha value is -0.140. The van der Waals surface area contributed by atoms with Crippen molar-refractivity contribution in [1.29, 1.82) is 0 Å². The minimum absolute atomic E-state index is 0. The zero-order valence-electron chi connectivity index (χ0n) is 9.75. The molecule has 1 aromatic carbocycles. The van der Waals surface area contributed by atoms with Crippen LogP contribution in [0.4, 0.5) is 0 Å². The molecule has 1 aliphatic rings. The molecule has 1 atom stereocenters. The van der Waals surface area contributed by atoms with E-state index in [2.05, 4.69) is 15.9 Å². The van der Waals surface area contributed by atoms with Crippen molar-refractivity contribution < 1.29 is 8.42 Å². The van der Waals surface area contributed by atoms with E-state index in [0.29, 0.717) is 18.0 Å². The summed E-state index contributed by atoms with van der Waals surface area (Å²) in [6, 6.07) is 6.71. The van der Waals surface area contributed by atoms with E-state index in [1.807, 2.05) is 0 Å². The first-order valence-corrected chi connectivity index (χ1v) is 7.75. The average Bonchev–Trinajstić information content (AvgIpc) is 2.29. The Labute approximate surface area is 122 Å². The fourth-order valence-electron chi connectivity index (χ4n) is 1.97. The highest BCUT2D eigenvalue weighted by Gasteiger charge is 2.28. The normalized spacial score (nSPS) is 21.3. The van der Waals surface area contributed by atoms with Crippen LogP contribution in [0.5, 0.6) is 0 Å². The molecule has 0 amide bonds. The number of nitrogens with zero attached hydrogens (tertiary/aromatic N) is 1. The second-order valence-electron chi connectivity index (χ2n) is 4.22. The van der Waals surface area contributed by atoms with E-state index < -0.39 is 10.0 Å². The van der Waals surface area contributed by atoms with Crippen molar-refractivity contribution in [2.75, 3.05) is 13.1 Å². The van der Waals surface area contributed by atoms with E-state index in [1.54, 1.807) is 24.3 Å². The van der Waals surface area contributed by atoms with E-state index in [1.165, 1.54) is 4.31 Å². The molecule has 4 nitrogen and oxygen atoms in total. The van der Waals surface area contributed by atoms with E-state index >= 15 is 0 Å². The maximum Gasteiger partial charge on any atom is 0.243 e. The van der Waals surface area contributed by atoms with Crippen LogP contribution in [-0.2, 0) is 10.0 Å². The van der Waals surface area contributed by atoms with Crippen LogP contribution in [0.25, 0.3) is 0 Å². The molecule has 0 spiro atoms. The minimum atomic E-state index is -3.39. The molecule has 18 heavy (non-hydrogen) atoms. The van der Waals surface area contributed by atoms with E-state index in [9.17, 15) is 8.42 Å². The Balaban J connectivity index is 0.00000162. The summed E-state index contributed by atoms with van der Waals surface area (Å²) in [4.78, 5) is 0.320. The average molecular weight is 356 g/mol. The summed E-state index contributed by atoms with van der Waals surface area (Å²) in [5.74, 6) is 0. The van der Waals surface area contributed by atoms with Gasteiger partial charge in [0.1, 0.15) is 0 Å². The fraction of sp³-hybridized carbons (Fsp3) is 0.455. The molecule has 0 saturated carbocycles. The van der Waals surface area contributed by atoms with Crippen molar-refractivity contribution in [3.05, 3.63) is 28.7 Å². The van der Waals surface area contributed by atoms with Crippen LogP contribution in [0.1, 0.15) is 12.8 Å². The molecular formula is C11H16BrClN2O2S. The lowest BCUT2D eigenvalue weighted by Gasteiger charge is -2.29. The van der Waals surface area contributed by atoms with Gasteiger partial charge >= 0.3 is 0 Å². The molecule has 2 N–H and O–H groups in total. The largest absolute Gasteiger partial charge is 0.327 e. The maximum absolute atomic E-state index is 12.3. The molecular weight excluding hydrogens is 340 g/mol. The Kier molecular flexibility index (Phi) is 5.61. The van der Waals surface area contributed by atoms with Crippen LogP contribution >= 0.6 is 28.3 Å². The number of piperidine rings is 1. The third-order valence-electron chi connectivity index (χ3n) is 2.85. The van der Waals surface area contributed by atoms with Crippen LogP contribution in [0.3, 0.4) is 0 Å². The molecule has 1 saturated heterocycles. The monoisotopic (exact) mass is 354 g/mol. The smallest absolute Gasteiger partial charge is 0.243 e. The summed E-state index contributed by atoms with van der Waals surface area (Å²) in [5.41, 5.74) is 5.81. The number of halogens is 2. The lowest BCUT2D eigenvalue weighted by molar-refractivity contribution is 0.316. The van der Waals surface area contributed by atoms with Gasteiger partial charge in [-0.1, -0.05) is 22.0 Å². The Bertz CT molecular complexity index is 510. The topological polar surface area (TPSA) is 63.4 Å². The van der Waals surface area contributed by atoms with Crippen molar-refractivity contribution in [2.24, 2.45) is 5.73 Å². The Morgan fingerprint density at radius 1 is 1.39 bits per heavy atom. The molecule has 1 fully saturated rings. The highest BCUT2D eigenvalue weighted by Crippen LogP contribution is 2.22. The van der Waals surface area contributed by atoms with Crippen molar-refractivity contribution in [2.45, 2.75) is 23.8 Å². The van der Waals surface area contributed by atoms with Gasteiger partial charge in [-0.25, -0.2) is 8.42 Å². The van der Waals surface area contributed by atoms with Gasteiger partial charge in [-0.05, 0) is 31.0 Å². The van der Waals surface area contributed by atoms with Gasteiger partial charge in [0, 0.05) is 23.6 Å². The Morgan fingerprint density at radius 3 is 2.72 bits per heavy atom. The van der Waals surface area contributed by atoms with Crippen molar-refractivity contribution in [3.63, 3.8) is 0 Å². The van der Waals surface area contributed by atoms with E-state index in [0.717, 1.165) is 17.3 Å². The highest BCUT2D eigenvalue weighted by molar-refractivity contribution is 9.10. The molecule has 1 heterocycles. The van der Waals surface area contributed by atoms with E-state index in [-0.39, 0.29) is 18.4 Å². The molecule has 7 heteroatoms. The SMILES string of the molecule is Cl.N[C@@H]1CCCN(S(=O)(=O)c2cccc(Br)c2)C1. The van der Waals surface area contributed by atoms with Gasteiger partial charge in [0.2, 0.25) is 10.0 Å². The molecule has 102 valence electrons. The summed E-state index contributed by atoms with van der Waals surface area (Å²) in [6.45, 7) is 0.970. The summed E-state index contributed by atoms with van der Waals surface area (Å²) in [5, 5.41) is 0. The van der Waals surface area contributed by atoms with Gasteiger partial charge in [-0.3, -0.25) is 0 Å². The van der Waals surface area contributed by atoms with Gasteiger partial charge < -0.3 is 5.73 Å². The zero-order chi connectivity index (χ0) is 12.5. The first-order chi connectivity index (χ1) is 8.00. The number of nitrogens with two attached hydrogens (primary N) is 1. The van der Waals surface area contributed by atoms with Gasteiger partial charge in [-0.15, -0.1) is 12.4 Å². The van der Waals surface area contributed by atoms with E-state index in [4.69, 9.17) is 5.73 Å². The number of sulfonamides is 1. The Morgan fingerprint density at radius 2 is 2.11 bits per heavy atom. The molecule has 0 bridgehead atoms. The fourth-order valence-corrected chi connectivity index (χ4v) is 4.10. The van der Waals surface area contributed by atoms with Crippen molar-refractivity contribution >= 4 is 38.4 Å². The zero-order valence-corrected chi connectivity index (χ0v) is 13.0. The lowest BCUT2D eigenvalue weighted by atomic mass is 10.1. The molecule has 0 radical (unpaired) electrons. The molecule has 1 aliphatic heterocycles. The van der Waals surface area contributed by atoms with Crippen LogP contribution in [-0.4, -0.2) is 31.9 Å². The number of rotatable bonds is 2. The molecule has 0 unspecified atom stereocenters. The predicted molar refractivity (Wildman–Crippen MR) is 77.4 cm³/mol. The number of hydrogen-bond acceptors (Lipinski definition) is 3. The maximum atomic E-state index is 12.3. The van der Waals surface area contributed by atoms with Gasteiger partial charge in [0.25, 0.3) is 0 Å². The minimum Gasteiger partial charge on any atom is -0.327 e. The number of benzene rings is 1. The highest BCUT2D eigenvalue weighted by atomic mass is 79.9. The number of hydrogen-bond donors (Lipinski definition) is 1. The quantitative estimate of drug-likeness (QED) is 0.882. The second kappa shape index (κ2) is 6.34. The standard InChI is InChI=1S/C11H15BrN2O2S.ClH/c12-9-3-1-5-11(7-9)17(15,16)14-6-2-4-10(13)8-14;/h1,3,5,7,10H,2,4,6,8,13H2;1H/t10-;/m1./s1. The molecule has 0 aromatic heterocycles. The summed E-state index contributed by atoms with van der Waals surface area (Å²) in [6.07, 6.45) is 1.72. The summed E-state index contributed by atoms with van der Waals surface area (Å²) in [7, 11) is -3.39. The third kappa shape index (κ3) is 3.45. The lowest BCUT2D eigenvalue weighted by Crippen LogP contribution is -2.45. The summed E-state index contributed by atoms with van der Waals surface area (Å²) < 4.78 is 26.9. The first kappa shape index (κ1) is 15.9. The van der Waals surface area contributed by atoms with Crippen LogP contribution in [0, 0.1) is 0 Å². The molecule has 1 aromatic rings. The first-order valence-electron chi connectivity index (χ1n) is 5.51. The van der Waals surface area contributed by atoms with Gasteiger partial charge in [0.05, 0.1) is 4.90 Å².